The fourth-order valence-corrected chi connectivity index (χ4v) is 5.06. The molecule has 1 saturated carbocycles. The van der Waals surface area contributed by atoms with Crippen LogP contribution in [0.15, 0.2) is 17.2 Å². The smallest absolute Gasteiger partial charge is 0.270 e. The fourth-order valence-electron chi connectivity index (χ4n) is 4.27. The Labute approximate surface area is 162 Å². The van der Waals surface area contributed by atoms with Gasteiger partial charge in [0, 0.05) is 39.4 Å². The third-order valence-electron chi connectivity index (χ3n) is 5.89. The van der Waals surface area contributed by atoms with Gasteiger partial charge in [-0.05, 0) is 44.8 Å². The van der Waals surface area contributed by atoms with E-state index in [4.69, 9.17) is 0 Å². The van der Waals surface area contributed by atoms with Gasteiger partial charge in [0.25, 0.3) is 5.91 Å². The number of amides is 1. The summed E-state index contributed by atoms with van der Waals surface area (Å²) in [5.41, 5.74) is 0.421. The van der Waals surface area contributed by atoms with Crippen LogP contribution in [0.3, 0.4) is 0 Å². The molecule has 1 aromatic rings. The molecule has 2 aliphatic rings. The molecule has 1 aliphatic heterocycles. The zero-order valence-corrected chi connectivity index (χ0v) is 17.3. The first kappa shape index (κ1) is 20.4. The van der Waals surface area contributed by atoms with Gasteiger partial charge < -0.3 is 14.4 Å². The van der Waals surface area contributed by atoms with Gasteiger partial charge in [0.05, 0.1) is 0 Å². The Morgan fingerprint density at radius 3 is 2.56 bits per heavy atom. The average Bonchev–Trinajstić information content (AvgIpc) is 2.92. The molecule has 27 heavy (non-hydrogen) atoms. The van der Waals surface area contributed by atoms with E-state index in [0.717, 1.165) is 38.5 Å². The lowest BCUT2D eigenvalue weighted by Crippen LogP contribution is -2.37. The first-order valence-corrected chi connectivity index (χ1v) is 11.5. The maximum Gasteiger partial charge on any atom is 0.270 e. The summed E-state index contributed by atoms with van der Waals surface area (Å²) >= 11 is 0. The van der Waals surface area contributed by atoms with Gasteiger partial charge in [-0.2, -0.15) is 0 Å². The van der Waals surface area contributed by atoms with Crippen LogP contribution in [0.2, 0.25) is 0 Å². The van der Waals surface area contributed by atoms with E-state index in [0.29, 0.717) is 12.2 Å². The quantitative estimate of drug-likeness (QED) is 0.821. The van der Waals surface area contributed by atoms with Crippen molar-refractivity contribution in [1.82, 2.24) is 19.1 Å². The van der Waals surface area contributed by atoms with Crippen molar-refractivity contribution >= 4 is 15.9 Å². The molecule has 0 spiro atoms. The third kappa shape index (κ3) is 4.92. The number of carbonyl (C=O) groups excluding carboxylic acids is 1. The van der Waals surface area contributed by atoms with Crippen LogP contribution in [-0.2, 0) is 17.1 Å². The Morgan fingerprint density at radius 2 is 1.85 bits per heavy atom. The minimum atomic E-state index is -3.55. The number of aromatic nitrogens is 1. The lowest BCUT2D eigenvalue weighted by atomic mass is 9.89. The minimum Gasteiger partial charge on any atom is -0.345 e. The van der Waals surface area contributed by atoms with Gasteiger partial charge in [0.15, 0.2) is 0 Å². The molecule has 1 N–H and O–H groups in total. The average molecular weight is 397 g/mol. The Morgan fingerprint density at radius 1 is 1.11 bits per heavy atom. The Kier molecular flexibility index (Phi) is 6.60. The second kappa shape index (κ2) is 8.75. The number of rotatable bonds is 5. The molecule has 0 aromatic carbocycles. The van der Waals surface area contributed by atoms with Crippen LogP contribution in [0.25, 0.3) is 0 Å². The van der Waals surface area contributed by atoms with Crippen LogP contribution in [-0.4, -0.2) is 68.5 Å². The third-order valence-corrected chi connectivity index (χ3v) is 7.28. The summed E-state index contributed by atoms with van der Waals surface area (Å²) in [6.07, 6.45) is 9.22. The maximum absolute atomic E-state index is 13.0. The highest BCUT2D eigenvalue weighted by molar-refractivity contribution is 7.89. The topological polar surface area (TPSA) is 74.7 Å². The summed E-state index contributed by atoms with van der Waals surface area (Å²) in [6, 6.07) is 1.47. The van der Waals surface area contributed by atoms with E-state index in [1.54, 1.807) is 11.6 Å². The molecule has 0 atom stereocenters. The molecule has 2 fully saturated rings. The molecule has 7 nitrogen and oxygen atoms in total. The lowest BCUT2D eigenvalue weighted by Gasteiger charge is -2.28. The molecule has 0 unspecified atom stereocenters. The van der Waals surface area contributed by atoms with Gasteiger partial charge in [-0.3, -0.25) is 4.79 Å². The van der Waals surface area contributed by atoms with E-state index in [9.17, 15) is 13.2 Å². The second-order valence-corrected chi connectivity index (χ2v) is 9.72. The number of sulfonamides is 1. The van der Waals surface area contributed by atoms with Crippen LogP contribution in [0.4, 0.5) is 0 Å². The van der Waals surface area contributed by atoms with Crippen LogP contribution in [0.1, 0.15) is 49.0 Å². The normalized spacial score (nSPS) is 20.6. The van der Waals surface area contributed by atoms with Gasteiger partial charge >= 0.3 is 0 Å². The summed E-state index contributed by atoms with van der Waals surface area (Å²) in [6.45, 7) is 4.50. The zero-order valence-electron chi connectivity index (χ0n) is 16.5. The summed E-state index contributed by atoms with van der Waals surface area (Å²) in [4.78, 5) is 17.5. The Balaban J connectivity index is 1.62. The summed E-state index contributed by atoms with van der Waals surface area (Å²) in [7, 11) is -0.454. The molecule has 0 radical (unpaired) electrons. The molecule has 1 amide bonds. The van der Waals surface area contributed by atoms with Crippen LogP contribution in [0, 0.1) is 5.92 Å². The molecular formula is C19H32N4O3S. The highest BCUT2D eigenvalue weighted by Gasteiger charge is 2.26. The van der Waals surface area contributed by atoms with Crippen molar-refractivity contribution in [2.75, 3.05) is 39.8 Å². The number of aryl methyl sites for hydroxylation is 1. The molecule has 0 bridgehead atoms. The number of nitrogens with one attached hydrogen (secondary N) is 1. The predicted octanol–water partition coefficient (Wildman–Crippen LogP) is 1.66. The van der Waals surface area contributed by atoms with Gasteiger partial charge in [0.1, 0.15) is 10.6 Å². The molecule has 2 heterocycles. The van der Waals surface area contributed by atoms with Crippen molar-refractivity contribution in [2.24, 2.45) is 13.0 Å². The number of nitrogens with zero attached hydrogens (tertiary/aromatic N) is 3. The van der Waals surface area contributed by atoms with Gasteiger partial charge in [-0.25, -0.2) is 13.1 Å². The first-order valence-electron chi connectivity index (χ1n) is 10.0. The van der Waals surface area contributed by atoms with E-state index < -0.39 is 10.0 Å². The van der Waals surface area contributed by atoms with E-state index in [1.807, 2.05) is 4.90 Å². The van der Waals surface area contributed by atoms with Gasteiger partial charge in [-0.15, -0.1) is 0 Å². The molecular weight excluding hydrogens is 364 g/mol. The van der Waals surface area contributed by atoms with Gasteiger partial charge in [0.2, 0.25) is 10.0 Å². The van der Waals surface area contributed by atoms with Crippen LogP contribution < -0.4 is 4.72 Å². The number of carbonyl (C=O) groups is 1. The molecule has 1 aliphatic carbocycles. The summed E-state index contributed by atoms with van der Waals surface area (Å²) in [5.74, 6) is 0.720. The lowest BCUT2D eigenvalue weighted by molar-refractivity contribution is 0.0750. The SMILES string of the molecule is CNS(=O)(=O)c1cc(C(=O)N2CCCN(CC3CCCCC3)CC2)n(C)c1. The van der Waals surface area contributed by atoms with Crippen LogP contribution in [0.5, 0.6) is 0 Å². The Hall–Kier alpha value is -1.38. The van der Waals surface area contributed by atoms with E-state index >= 15 is 0 Å². The Bertz CT molecular complexity index is 753. The number of hydrogen-bond acceptors (Lipinski definition) is 4. The highest BCUT2D eigenvalue weighted by atomic mass is 32.2. The number of hydrogen-bond donors (Lipinski definition) is 1. The van der Waals surface area contributed by atoms with Crippen molar-refractivity contribution in [2.45, 2.75) is 43.4 Å². The minimum absolute atomic E-state index is 0.0884. The van der Waals surface area contributed by atoms with E-state index in [2.05, 4.69) is 9.62 Å². The maximum atomic E-state index is 13.0. The zero-order chi connectivity index (χ0) is 19.4. The van der Waals surface area contributed by atoms with Crippen molar-refractivity contribution in [3.8, 4) is 0 Å². The summed E-state index contributed by atoms with van der Waals surface area (Å²) in [5, 5.41) is 0. The highest BCUT2D eigenvalue weighted by Crippen LogP contribution is 2.25. The van der Waals surface area contributed by atoms with Crippen molar-refractivity contribution < 1.29 is 13.2 Å². The monoisotopic (exact) mass is 396 g/mol. The van der Waals surface area contributed by atoms with Crippen molar-refractivity contribution in [3.63, 3.8) is 0 Å². The summed E-state index contributed by atoms with van der Waals surface area (Å²) < 4.78 is 27.9. The van der Waals surface area contributed by atoms with E-state index in [1.165, 1.54) is 51.4 Å². The van der Waals surface area contributed by atoms with E-state index in [-0.39, 0.29) is 10.8 Å². The standard InChI is InChI=1S/C19H32N4O3S/c1-20-27(25,26)17-13-18(21(2)15-17)19(24)23-10-6-9-22(11-12-23)14-16-7-4-3-5-8-16/h13,15-16,20H,3-12,14H2,1-2H3. The first-order chi connectivity index (χ1) is 12.9. The fraction of sp³-hybridized carbons (Fsp3) is 0.737. The van der Waals surface area contributed by atoms with Crippen molar-refractivity contribution in [3.05, 3.63) is 18.0 Å². The largest absolute Gasteiger partial charge is 0.345 e. The van der Waals surface area contributed by atoms with Crippen LogP contribution >= 0.6 is 0 Å². The molecule has 1 saturated heterocycles. The molecule has 152 valence electrons. The van der Waals surface area contributed by atoms with Crippen molar-refractivity contribution in [1.29, 1.82) is 0 Å². The second-order valence-electron chi connectivity index (χ2n) is 7.83. The predicted molar refractivity (Wildman–Crippen MR) is 105 cm³/mol. The molecule has 3 rings (SSSR count). The molecule has 1 aromatic heterocycles. The van der Waals surface area contributed by atoms with Gasteiger partial charge in [-0.1, -0.05) is 19.3 Å². The molecule has 8 heteroatoms.